The fourth-order valence-corrected chi connectivity index (χ4v) is 2.72. The molecular formula is C14H16F3N3S. The standard InChI is InChI=1S/C14H16F3N3S/c1-13(2,10-4-3-5-21-10)8-19-12-7-9(14(15,16)17)6-11(18)20-12/h3-7H,8H2,1-2H3,(H3,18,19,20). The largest absolute Gasteiger partial charge is 0.416 e. The second kappa shape index (κ2) is 5.55. The van der Waals surface area contributed by atoms with E-state index in [0.29, 0.717) is 6.54 Å². The van der Waals surface area contributed by atoms with Gasteiger partial charge < -0.3 is 11.1 Å². The third-order valence-corrected chi connectivity index (χ3v) is 4.31. The summed E-state index contributed by atoms with van der Waals surface area (Å²) in [5, 5.41) is 4.91. The number of nitrogen functional groups attached to an aromatic ring is 1. The molecule has 7 heteroatoms. The maximum atomic E-state index is 12.7. The van der Waals surface area contributed by atoms with Crippen LogP contribution in [0.1, 0.15) is 24.3 Å². The summed E-state index contributed by atoms with van der Waals surface area (Å²) in [5.41, 5.74) is 4.43. The van der Waals surface area contributed by atoms with Crippen LogP contribution in [0.15, 0.2) is 29.6 Å². The lowest BCUT2D eigenvalue weighted by molar-refractivity contribution is -0.137. The number of nitrogens with zero attached hydrogens (tertiary/aromatic N) is 1. The van der Waals surface area contributed by atoms with Crippen molar-refractivity contribution in [3.63, 3.8) is 0 Å². The smallest absolute Gasteiger partial charge is 0.384 e. The van der Waals surface area contributed by atoms with E-state index in [-0.39, 0.29) is 17.1 Å². The van der Waals surface area contributed by atoms with Gasteiger partial charge in [-0.3, -0.25) is 0 Å². The molecule has 0 spiro atoms. The highest BCUT2D eigenvalue weighted by molar-refractivity contribution is 7.10. The molecule has 0 atom stereocenters. The van der Waals surface area contributed by atoms with Gasteiger partial charge in [-0.1, -0.05) is 19.9 Å². The molecule has 0 aromatic carbocycles. The van der Waals surface area contributed by atoms with Gasteiger partial charge in [-0.15, -0.1) is 11.3 Å². The average molecular weight is 315 g/mol. The SMILES string of the molecule is CC(C)(CNc1cc(C(F)(F)F)cc(N)n1)c1cccs1. The van der Waals surface area contributed by atoms with E-state index in [1.54, 1.807) is 11.3 Å². The molecule has 114 valence electrons. The first-order chi connectivity index (χ1) is 9.68. The lowest BCUT2D eigenvalue weighted by Gasteiger charge is -2.24. The number of halogens is 3. The van der Waals surface area contributed by atoms with Crippen molar-refractivity contribution in [2.24, 2.45) is 0 Å². The molecular weight excluding hydrogens is 299 g/mol. The Morgan fingerprint density at radius 2 is 2.00 bits per heavy atom. The topological polar surface area (TPSA) is 50.9 Å². The van der Waals surface area contributed by atoms with Gasteiger partial charge in [-0.2, -0.15) is 13.2 Å². The van der Waals surface area contributed by atoms with E-state index in [1.165, 1.54) is 0 Å². The Morgan fingerprint density at radius 3 is 2.57 bits per heavy atom. The zero-order chi connectivity index (χ0) is 15.7. The number of hydrogen-bond acceptors (Lipinski definition) is 4. The highest BCUT2D eigenvalue weighted by Gasteiger charge is 2.31. The molecule has 0 fully saturated rings. The number of hydrogen-bond donors (Lipinski definition) is 2. The molecule has 0 amide bonds. The summed E-state index contributed by atoms with van der Waals surface area (Å²) < 4.78 is 38.2. The summed E-state index contributed by atoms with van der Waals surface area (Å²) in [4.78, 5) is 5.05. The van der Waals surface area contributed by atoms with Crippen molar-refractivity contribution in [2.45, 2.75) is 25.4 Å². The Labute approximate surface area is 125 Å². The van der Waals surface area contributed by atoms with Crippen LogP contribution < -0.4 is 11.1 Å². The molecule has 2 aromatic heterocycles. The van der Waals surface area contributed by atoms with E-state index in [0.717, 1.165) is 17.0 Å². The maximum Gasteiger partial charge on any atom is 0.416 e. The van der Waals surface area contributed by atoms with Gasteiger partial charge >= 0.3 is 6.18 Å². The first kappa shape index (κ1) is 15.6. The van der Waals surface area contributed by atoms with Crippen LogP contribution in [0.4, 0.5) is 24.8 Å². The van der Waals surface area contributed by atoms with E-state index in [9.17, 15) is 13.2 Å². The molecule has 2 rings (SSSR count). The Morgan fingerprint density at radius 1 is 1.29 bits per heavy atom. The van der Waals surface area contributed by atoms with Gasteiger partial charge in [0.25, 0.3) is 0 Å². The van der Waals surface area contributed by atoms with Crippen LogP contribution in [-0.2, 0) is 11.6 Å². The van der Waals surface area contributed by atoms with Crippen LogP contribution in [-0.4, -0.2) is 11.5 Å². The minimum Gasteiger partial charge on any atom is -0.384 e. The minimum absolute atomic E-state index is 0.131. The van der Waals surface area contributed by atoms with Crippen LogP contribution in [0, 0.1) is 0 Å². The lowest BCUT2D eigenvalue weighted by atomic mass is 9.91. The van der Waals surface area contributed by atoms with Gasteiger partial charge in [0.05, 0.1) is 5.56 Å². The number of aromatic nitrogens is 1. The van der Waals surface area contributed by atoms with Crippen LogP contribution in [0.25, 0.3) is 0 Å². The second-order valence-electron chi connectivity index (χ2n) is 5.38. The van der Waals surface area contributed by atoms with Crippen molar-refractivity contribution in [3.8, 4) is 0 Å². The molecule has 3 N–H and O–H groups in total. The normalized spacial score (nSPS) is 12.4. The Balaban J connectivity index is 2.15. The van der Waals surface area contributed by atoms with E-state index in [4.69, 9.17) is 5.73 Å². The maximum absolute atomic E-state index is 12.7. The van der Waals surface area contributed by atoms with E-state index in [2.05, 4.69) is 10.3 Å². The van der Waals surface area contributed by atoms with E-state index in [1.807, 2.05) is 31.4 Å². The van der Waals surface area contributed by atoms with Gasteiger partial charge in [0.1, 0.15) is 11.6 Å². The number of anilines is 2. The molecule has 21 heavy (non-hydrogen) atoms. The number of nitrogens with one attached hydrogen (secondary N) is 1. The zero-order valence-corrected chi connectivity index (χ0v) is 12.5. The van der Waals surface area contributed by atoms with Gasteiger partial charge in [-0.05, 0) is 23.6 Å². The highest BCUT2D eigenvalue weighted by atomic mass is 32.1. The molecule has 0 bridgehead atoms. The van der Waals surface area contributed by atoms with Gasteiger partial charge in [-0.25, -0.2) is 4.98 Å². The third kappa shape index (κ3) is 3.87. The molecule has 0 saturated heterocycles. The Bertz CT molecular complexity index is 606. The second-order valence-corrected chi connectivity index (χ2v) is 6.33. The summed E-state index contributed by atoms with van der Waals surface area (Å²) >= 11 is 1.61. The molecule has 0 unspecified atom stereocenters. The van der Waals surface area contributed by atoms with Gasteiger partial charge in [0.15, 0.2) is 0 Å². The van der Waals surface area contributed by atoms with Crippen molar-refractivity contribution >= 4 is 23.0 Å². The van der Waals surface area contributed by atoms with Crippen molar-refractivity contribution in [3.05, 3.63) is 40.1 Å². The minimum atomic E-state index is -4.43. The number of rotatable bonds is 4. The van der Waals surface area contributed by atoms with Crippen LogP contribution in [0.2, 0.25) is 0 Å². The van der Waals surface area contributed by atoms with Crippen molar-refractivity contribution < 1.29 is 13.2 Å². The molecule has 0 aliphatic carbocycles. The highest BCUT2D eigenvalue weighted by Crippen LogP contribution is 2.32. The van der Waals surface area contributed by atoms with E-state index >= 15 is 0 Å². The first-order valence-corrected chi connectivity index (χ1v) is 7.19. The first-order valence-electron chi connectivity index (χ1n) is 6.31. The summed E-state index contributed by atoms with van der Waals surface area (Å²) in [6, 6.07) is 5.75. The predicted molar refractivity (Wildman–Crippen MR) is 79.5 cm³/mol. The van der Waals surface area contributed by atoms with Gasteiger partial charge in [0.2, 0.25) is 0 Å². The van der Waals surface area contributed by atoms with Crippen LogP contribution >= 0.6 is 11.3 Å². The Hall–Kier alpha value is -1.76. The van der Waals surface area contributed by atoms with Gasteiger partial charge in [0, 0.05) is 16.8 Å². The fourth-order valence-electron chi connectivity index (χ4n) is 1.87. The summed E-state index contributed by atoms with van der Waals surface area (Å²) in [5.74, 6) is -0.0202. The van der Waals surface area contributed by atoms with E-state index < -0.39 is 11.7 Å². The zero-order valence-electron chi connectivity index (χ0n) is 11.7. The van der Waals surface area contributed by atoms with Crippen molar-refractivity contribution in [1.82, 2.24) is 4.98 Å². The number of pyridine rings is 1. The predicted octanol–water partition coefficient (Wildman–Crippen LogP) is 4.13. The summed E-state index contributed by atoms with van der Waals surface area (Å²) in [6.45, 7) is 4.49. The fraction of sp³-hybridized carbons (Fsp3) is 0.357. The van der Waals surface area contributed by atoms with Crippen LogP contribution in [0.5, 0.6) is 0 Å². The number of nitrogens with two attached hydrogens (primary N) is 1. The molecule has 0 aliphatic heterocycles. The Kier molecular flexibility index (Phi) is 4.13. The average Bonchev–Trinajstić information content (AvgIpc) is 2.89. The van der Waals surface area contributed by atoms with Crippen LogP contribution in [0.3, 0.4) is 0 Å². The summed E-state index contributed by atoms with van der Waals surface area (Å²) in [7, 11) is 0. The summed E-state index contributed by atoms with van der Waals surface area (Å²) in [6.07, 6.45) is -4.43. The number of alkyl halides is 3. The molecule has 2 heterocycles. The molecule has 0 saturated carbocycles. The molecule has 3 nitrogen and oxygen atoms in total. The lowest BCUT2D eigenvalue weighted by Crippen LogP contribution is -2.27. The number of thiophene rings is 1. The third-order valence-electron chi connectivity index (χ3n) is 3.07. The van der Waals surface area contributed by atoms with Crippen molar-refractivity contribution in [2.75, 3.05) is 17.6 Å². The molecule has 0 radical (unpaired) electrons. The molecule has 2 aromatic rings. The quantitative estimate of drug-likeness (QED) is 0.892. The monoisotopic (exact) mass is 315 g/mol. The molecule has 0 aliphatic rings. The van der Waals surface area contributed by atoms with Crippen molar-refractivity contribution in [1.29, 1.82) is 0 Å².